The van der Waals surface area contributed by atoms with Gasteiger partial charge in [-0.1, -0.05) is 12.1 Å². The number of rotatable bonds is 3. The highest BCUT2D eigenvalue weighted by Gasteiger charge is 2.22. The molecule has 5 rings (SSSR count). The number of aryl methyl sites for hydroxylation is 1. The highest BCUT2D eigenvalue weighted by Crippen LogP contribution is 2.32. The molecule has 0 bridgehead atoms. The van der Waals surface area contributed by atoms with Gasteiger partial charge >= 0.3 is 0 Å². The molecule has 0 saturated carbocycles. The molecule has 1 saturated heterocycles. The molecule has 1 unspecified atom stereocenters. The number of benzene rings is 1. The SMILES string of the molecule is Cc1nn(CC2=Nc3ccccc3SCC2)c(=O)c2[nH]c(N3CCCC(N)C3)nc12. The number of anilines is 1. The van der Waals surface area contributed by atoms with Crippen molar-refractivity contribution in [2.75, 3.05) is 23.7 Å². The van der Waals surface area contributed by atoms with Crippen LogP contribution in [0.4, 0.5) is 11.6 Å². The van der Waals surface area contributed by atoms with E-state index in [-0.39, 0.29) is 11.6 Å². The maximum atomic E-state index is 13.2. The summed E-state index contributed by atoms with van der Waals surface area (Å²) in [5.74, 6) is 1.65. The lowest BCUT2D eigenvalue weighted by Gasteiger charge is -2.30. The topological polar surface area (TPSA) is 105 Å². The van der Waals surface area contributed by atoms with E-state index in [1.165, 1.54) is 9.58 Å². The second-order valence-electron chi connectivity index (χ2n) is 7.92. The van der Waals surface area contributed by atoms with Crippen LogP contribution in [0.2, 0.25) is 0 Å². The lowest BCUT2D eigenvalue weighted by atomic mass is 10.1. The molecule has 0 spiro atoms. The van der Waals surface area contributed by atoms with Gasteiger partial charge in [-0.25, -0.2) is 9.67 Å². The number of H-pyrrole nitrogens is 1. The van der Waals surface area contributed by atoms with Crippen LogP contribution in [0.5, 0.6) is 0 Å². The van der Waals surface area contributed by atoms with Gasteiger partial charge in [0, 0.05) is 35.5 Å². The van der Waals surface area contributed by atoms with Gasteiger partial charge in [0.1, 0.15) is 11.0 Å². The Labute approximate surface area is 178 Å². The van der Waals surface area contributed by atoms with Crippen LogP contribution in [0.15, 0.2) is 38.9 Å². The second kappa shape index (κ2) is 7.88. The molecule has 3 N–H and O–H groups in total. The number of hydrogen-bond donors (Lipinski definition) is 2. The van der Waals surface area contributed by atoms with Gasteiger partial charge in [-0.2, -0.15) is 5.10 Å². The van der Waals surface area contributed by atoms with E-state index in [1.807, 2.05) is 25.1 Å². The quantitative estimate of drug-likeness (QED) is 0.671. The summed E-state index contributed by atoms with van der Waals surface area (Å²) in [5, 5.41) is 4.55. The predicted octanol–water partition coefficient (Wildman–Crippen LogP) is 2.62. The minimum atomic E-state index is -0.163. The van der Waals surface area contributed by atoms with Crippen molar-refractivity contribution in [1.29, 1.82) is 0 Å². The van der Waals surface area contributed by atoms with Gasteiger partial charge in [0.15, 0.2) is 0 Å². The molecule has 4 heterocycles. The molecular weight excluding hydrogens is 398 g/mol. The molecule has 0 aliphatic carbocycles. The molecule has 1 fully saturated rings. The fraction of sp³-hybridized carbons (Fsp3) is 0.429. The lowest BCUT2D eigenvalue weighted by molar-refractivity contribution is 0.501. The van der Waals surface area contributed by atoms with Crippen LogP contribution < -0.4 is 16.2 Å². The maximum Gasteiger partial charge on any atom is 0.293 e. The Balaban J connectivity index is 1.49. The van der Waals surface area contributed by atoms with Crippen molar-refractivity contribution in [3.63, 3.8) is 0 Å². The fourth-order valence-electron chi connectivity index (χ4n) is 4.10. The summed E-state index contributed by atoms with van der Waals surface area (Å²) < 4.78 is 1.51. The van der Waals surface area contributed by atoms with Gasteiger partial charge < -0.3 is 15.6 Å². The highest BCUT2D eigenvalue weighted by molar-refractivity contribution is 7.99. The number of nitrogens with zero attached hydrogens (tertiary/aromatic N) is 5. The standard InChI is InChI=1S/C21H25N7OS/c1-13-18-19(25-21(24-18)27-9-4-5-14(22)11-27)20(29)28(26-13)12-15-8-10-30-17-7-3-2-6-16(17)23-15/h2-3,6-7,14H,4-5,8-12,22H2,1H3,(H,24,25). The van der Waals surface area contributed by atoms with Crippen molar-refractivity contribution in [3.05, 3.63) is 40.3 Å². The van der Waals surface area contributed by atoms with Crippen molar-refractivity contribution in [2.24, 2.45) is 10.7 Å². The molecule has 30 heavy (non-hydrogen) atoms. The third-order valence-corrected chi connectivity index (χ3v) is 6.70. The van der Waals surface area contributed by atoms with E-state index < -0.39 is 0 Å². The molecule has 0 radical (unpaired) electrons. The molecule has 2 aromatic heterocycles. The van der Waals surface area contributed by atoms with E-state index in [2.05, 4.69) is 26.0 Å². The van der Waals surface area contributed by atoms with E-state index in [4.69, 9.17) is 10.7 Å². The molecule has 0 amide bonds. The number of aromatic amines is 1. The van der Waals surface area contributed by atoms with Crippen molar-refractivity contribution >= 4 is 40.1 Å². The van der Waals surface area contributed by atoms with Crippen LogP contribution in [-0.2, 0) is 6.54 Å². The average molecular weight is 424 g/mol. The van der Waals surface area contributed by atoms with Crippen molar-refractivity contribution < 1.29 is 0 Å². The fourth-order valence-corrected chi connectivity index (χ4v) is 5.10. The molecule has 1 aromatic carbocycles. The summed E-state index contributed by atoms with van der Waals surface area (Å²) in [4.78, 5) is 29.2. The van der Waals surface area contributed by atoms with Gasteiger partial charge in [0.2, 0.25) is 5.95 Å². The summed E-state index contributed by atoms with van der Waals surface area (Å²) in [6, 6.07) is 8.26. The molecule has 9 heteroatoms. The summed E-state index contributed by atoms with van der Waals surface area (Å²) in [6.45, 7) is 3.91. The number of aromatic nitrogens is 4. The number of nitrogens with two attached hydrogens (primary N) is 1. The molecule has 156 valence electrons. The van der Waals surface area contributed by atoms with E-state index in [0.29, 0.717) is 23.5 Å². The summed E-state index contributed by atoms with van der Waals surface area (Å²) >= 11 is 1.80. The van der Waals surface area contributed by atoms with Crippen LogP contribution in [0.1, 0.15) is 25.0 Å². The van der Waals surface area contributed by atoms with E-state index in [0.717, 1.165) is 55.2 Å². The zero-order valence-corrected chi connectivity index (χ0v) is 17.8. The van der Waals surface area contributed by atoms with Crippen molar-refractivity contribution in [1.82, 2.24) is 19.7 Å². The number of imidazole rings is 1. The molecule has 3 aromatic rings. The molecule has 1 atom stereocenters. The molecule has 2 aliphatic heterocycles. The Morgan fingerprint density at radius 1 is 1.33 bits per heavy atom. The molecule has 2 aliphatic rings. The first-order valence-corrected chi connectivity index (χ1v) is 11.3. The Bertz CT molecular complexity index is 1180. The molecule has 8 nitrogen and oxygen atoms in total. The minimum Gasteiger partial charge on any atom is -0.341 e. The van der Waals surface area contributed by atoms with Crippen LogP contribution in [0.25, 0.3) is 11.0 Å². The first-order chi connectivity index (χ1) is 14.6. The van der Waals surface area contributed by atoms with Crippen molar-refractivity contribution in [2.45, 2.75) is 43.7 Å². The zero-order valence-electron chi connectivity index (χ0n) is 17.0. The van der Waals surface area contributed by atoms with E-state index in [1.54, 1.807) is 11.8 Å². The first kappa shape index (κ1) is 19.3. The Morgan fingerprint density at radius 3 is 3.07 bits per heavy atom. The smallest absolute Gasteiger partial charge is 0.293 e. The number of piperidine rings is 1. The Hall–Kier alpha value is -2.65. The number of thioether (sulfide) groups is 1. The summed E-state index contributed by atoms with van der Waals surface area (Å²) in [7, 11) is 0. The minimum absolute atomic E-state index is 0.136. The van der Waals surface area contributed by atoms with Gasteiger partial charge in [0.25, 0.3) is 5.56 Å². The second-order valence-corrected chi connectivity index (χ2v) is 9.06. The van der Waals surface area contributed by atoms with Gasteiger partial charge in [0.05, 0.1) is 17.9 Å². The average Bonchev–Trinajstić information content (AvgIpc) is 3.09. The van der Waals surface area contributed by atoms with Crippen LogP contribution in [-0.4, -0.2) is 50.3 Å². The third kappa shape index (κ3) is 3.63. The number of fused-ring (bicyclic) bond motifs is 2. The lowest BCUT2D eigenvalue weighted by Crippen LogP contribution is -2.43. The van der Waals surface area contributed by atoms with E-state index >= 15 is 0 Å². The maximum absolute atomic E-state index is 13.2. The number of aliphatic imine (C=N–C) groups is 1. The number of hydrogen-bond acceptors (Lipinski definition) is 7. The summed E-state index contributed by atoms with van der Waals surface area (Å²) in [5.41, 5.74) is 9.74. The van der Waals surface area contributed by atoms with E-state index in [9.17, 15) is 4.79 Å². The van der Waals surface area contributed by atoms with Gasteiger partial charge in [-0.15, -0.1) is 11.8 Å². The highest BCUT2D eigenvalue weighted by atomic mass is 32.2. The predicted molar refractivity (Wildman–Crippen MR) is 121 cm³/mol. The largest absolute Gasteiger partial charge is 0.341 e. The first-order valence-electron chi connectivity index (χ1n) is 10.3. The number of nitrogens with one attached hydrogen (secondary N) is 1. The number of para-hydroxylation sites is 1. The van der Waals surface area contributed by atoms with Crippen LogP contribution >= 0.6 is 11.8 Å². The monoisotopic (exact) mass is 423 g/mol. The van der Waals surface area contributed by atoms with Crippen LogP contribution in [0, 0.1) is 6.92 Å². The zero-order chi connectivity index (χ0) is 20.7. The normalized spacial score (nSPS) is 19.5. The van der Waals surface area contributed by atoms with Crippen molar-refractivity contribution in [3.8, 4) is 0 Å². The molecular formula is C21H25N7OS. The third-order valence-electron chi connectivity index (χ3n) is 5.63. The Kier molecular flexibility index (Phi) is 5.08. The van der Waals surface area contributed by atoms with Gasteiger partial charge in [-0.05, 0) is 38.3 Å². The summed E-state index contributed by atoms with van der Waals surface area (Å²) in [6.07, 6.45) is 2.87. The van der Waals surface area contributed by atoms with Gasteiger partial charge in [-0.3, -0.25) is 9.79 Å². The Morgan fingerprint density at radius 2 is 2.20 bits per heavy atom. The van der Waals surface area contributed by atoms with Crippen LogP contribution in [0.3, 0.4) is 0 Å².